The van der Waals surface area contributed by atoms with E-state index in [2.05, 4.69) is 144 Å². The third kappa shape index (κ3) is 3.64. The molecule has 45 heavy (non-hydrogen) atoms. The number of furan rings is 1. The fourth-order valence-electron chi connectivity index (χ4n) is 7.42. The summed E-state index contributed by atoms with van der Waals surface area (Å²) in [5, 5.41) is 4.77. The Morgan fingerprint density at radius 3 is 2.13 bits per heavy atom. The molecule has 0 spiro atoms. The summed E-state index contributed by atoms with van der Waals surface area (Å²) in [5.74, 6) is 1.29. The van der Waals surface area contributed by atoms with Gasteiger partial charge in [0.05, 0.1) is 11.0 Å². The van der Waals surface area contributed by atoms with Crippen LogP contribution in [-0.4, -0.2) is 10.7 Å². The molecule has 0 saturated heterocycles. The van der Waals surface area contributed by atoms with Crippen LogP contribution in [-0.2, 0) is 0 Å². The SMILES string of the molecule is C1=CC2Oc3c(-c4ccc(-n5c6ccccc6c6cc(-c7ccc8oc9ccccc9c8c7)ccc65)cc4)cccc3C2C=C1. The average molecular weight is 578 g/mol. The van der Waals surface area contributed by atoms with Gasteiger partial charge in [-0.1, -0.05) is 97.1 Å². The van der Waals surface area contributed by atoms with Gasteiger partial charge in [-0.25, -0.2) is 0 Å². The quantitative estimate of drug-likeness (QED) is 0.209. The first-order valence-corrected chi connectivity index (χ1v) is 15.5. The molecule has 1 aliphatic carbocycles. The number of fused-ring (bicyclic) bond motifs is 9. The fraction of sp³-hybridized carbons (Fsp3) is 0.0476. The van der Waals surface area contributed by atoms with E-state index in [1.807, 2.05) is 12.1 Å². The van der Waals surface area contributed by atoms with Crippen molar-refractivity contribution in [1.29, 1.82) is 0 Å². The van der Waals surface area contributed by atoms with Crippen LogP contribution in [0.3, 0.4) is 0 Å². The number of hydrogen-bond acceptors (Lipinski definition) is 2. The van der Waals surface area contributed by atoms with Gasteiger partial charge < -0.3 is 13.7 Å². The number of benzene rings is 6. The Bertz CT molecular complexity index is 2530. The van der Waals surface area contributed by atoms with Crippen LogP contribution in [0.15, 0.2) is 156 Å². The van der Waals surface area contributed by atoms with E-state index in [1.165, 1.54) is 38.5 Å². The van der Waals surface area contributed by atoms with Gasteiger partial charge in [-0.15, -0.1) is 0 Å². The van der Waals surface area contributed by atoms with E-state index >= 15 is 0 Å². The van der Waals surface area contributed by atoms with Crippen LogP contribution < -0.4 is 4.74 Å². The lowest BCUT2D eigenvalue weighted by molar-refractivity contribution is 0.270. The molecular weight excluding hydrogens is 550 g/mol. The second-order valence-corrected chi connectivity index (χ2v) is 12.0. The van der Waals surface area contributed by atoms with E-state index in [1.54, 1.807) is 0 Å². The molecular formula is C42H27NO2. The van der Waals surface area contributed by atoms with Crippen molar-refractivity contribution in [3.05, 3.63) is 157 Å². The maximum Gasteiger partial charge on any atom is 0.135 e. The standard InChI is InChI=1S/C42H27NO2/c1-4-13-37-31(8-1)35-24-27(28-19-23-41-36(25-28)33-10-3-5-14-39(33)44-41)18-22-38(35)43(37)29-20-16-26(17-21-29)30-11-7-12-34-32-9-2-6-15-40(32)45-42(30)34/h1-25,32,40H. The van der Waals surface area contributed by atoms with Gasteiger partial charge in [0.2, 0.25) is 0 Å². The normalized spacial score (nSPS) is 16.9. The zero-order chi connectivity index (χ0) is 29.5. The summed E-state index contributed by atoms with van der Waals surface area (Å²) in [5.41, 5.74) is 11.3. The van der Waals surface area contributed by atoms with Gasteiger partial charge in [-0.3, -0.25) is 0 Å². The van der Waals surface area contributed by atoms with Crippen LogP contribution in [0.4, 0.5) is 0 Å². The molecule has 0 fully saturated rings. The highest BCUT2D eigenvalue weighted by Crippen LogP contribution is 2.46. The van der Waals surface area contributed by atoms with E-state index in [9.17, 15) is 0 Å². The summed E-state index contributed by atoms with van der Waals surface area (Å²) in [4.78, 5) is 0. The van der Waals surface area contributed by atoms with E-state index in [-0.39, 0.29) is 12.0 Å². The second kappa shape index (κ2) is 9.35. The summed E-state index contributed by atoms with van der Waals surface area (Å²) in [6, 6.07) is 45.7. The van der Waals surface area contributed by atoms with Crippen molar-refractivity contribution < 1.29 is 9.15 Å². The molecule has 6 aromatic carbocycles. The molecule has 3 heterocycles. The summed E-state index contributed by atoms with van der Waals surface area (Å²) in [6.07, 6.45) is 8.68. The van der Waals surface area contributed by atoms with Crippen molar-refractivity contribution in [2.24, 2.45) is 0 Å². The highest BCUT2D eigenvalue weighted by Gasteiger charge is 2.33. The number of hydrogen-bond donors (Lipinski definition) is 0. The van der Waals surface area contributed by atoms with Crippen LogP contribution in [0.2, 0.25) is 0 Å². The summed E-state index contributed by atoms with van der Waals surface area (Å²) >= 11 is 0. The number of rotatable bonds is 3. The summed E-state index contributed by atoms with van der Waals surface area (Å²) in [7, 11) is 0. The van der Waals surface area contributed by atoms with Crippen LogP contribution in [0.5, 0.6) is 5.75 Å². The van der Waals surface area contributed by atoms with Crippen LogP contribution in [0.25, 0.3) is 71.7 Å². The minimum Gasteiger partial charge on any atom is -0.484 e. The Balaban J connectivity index is 1.08. The van der Waals surface area contributed by atoms with E-state index in [0.29, 0.717) is 0 Å². The largest absolute Gasteiger partial charge is 0.484 e. The maximum atomic E-state index is 6.45. The lowest BCUT2D eigenvalue weighted by Crippen LogP contribution is -2.15. The van der Waals surface area contributed by atoms with Gasteiger partial charge in [0.1, 0.15) is 23.0 Å². The van der Waals surface area contributed by atoms with Gasteiger partial charge in [0.15, 0.2) is 0 Å². The Kier molecular flexibility index (Phi) is 5.11. The summed E-state index contributed by atoms with van der Waals surface area (Å²) in [6.45, 7) is 0. The summed E-state index contributed by atoms with van der Waals surface area (Å²) < 4.78 is 14.9. The van der Waals surface area contributed by atoms with Crippen LogP contribution in [0.1, 0.15) is 11.5 Å². The molecule has 2 unspecified atom stereocenters. The molecule has 3 heteroatoms. The number of aromatic nitrogens is 1. The third-order valence-corrected chi connectivity index (χ3v) is 9.56. The van der Waals surface area contributed by atoms with Crippen molar-refractivity contribution >= 4 is 43.7 Å². The number of para-hydroxylation sites is 3. The maximum absolute atomic E-state index is 6.45. The first-order chi connectivity index (χ1) is 22.3. The highest BCUT2D eigenvalue weighted by molar-refractivity contribution is 6.11. The van der Waals surface area contributed by atoms with E-state index < -0.39 is 0 Å². The number of ether oxygens (including phenoxy) is 1. The Morgan fingerprint density at radius 1 is 0.511 bits per heavy atom. The molecule has 0 radical (unpaired) electrons. The number of allylic oxidation sites excluding steroid dienone is 2. The molecule has 212 valence electrons. The zero-order valence-corrected chi connectivity index (χ0v) is 24.4. The van der Waals surface area contributed by atoms with Crippen molar-refractivity contribution in [3.8, 4) is 33.7 Å². The van der Waals surface area contributed by atoms with Gasteiger partial charge in [-0.05, 0) is 71.3 Å². The van der Waals surface area contributed by atoms with E-state index in [4.69, 9.17) is 9.15 Å². The molecule has 8 aromatic rings. The van der Waals surface area contributed by atoms with Crippen molar-refractivity contribution in [2.45, 2.75) is 12.0 Å². The molecule has 0 N–H and O–H groups in total. The molecule has 1 aliphatic heterocycles. The van der Waals surface area contributed by atoms with Crippen molar-refractivity contribution in [3.63, 3.8) is 0 Å². The highest BCUT2D eigenvalue weighted by atomic mass is 16.5. The smallest absolute Gasteiger partial charge is 0.135 e. The monoisotopic (exact) mass is 577 g/mol. The lowest BCUT2D eigenvalue weighted by atomic mass is 9.90. The zero-order valence-electron chi connectivity index (χ0n) is 24.4. The van der Waals surface area contributed by atoms with Crippen LogP contribution >= 0.6 is 0 Å². The van der Waals surface area contributed by atoms with Gasteiger partial charge in [-0.2, -0.15) is 0 Å². The minimum absolute atomic E-state index is 0.0777. The van der Waals surface area contributed by atoms with Gasteiger partial charge in [0, 0.05) is 44.3 Å². The topological polar surface area (TPSA) is 27.3 Å². The van der Waals surface area contributed by atoms with E-state index in [0.717, 1.165) is 44.5 Å². The molecule has 2 atom stereocenters. The lowest BCUT2D eigenvalue weighted by Gasteiger charge is -2.14. The van der Waals surface area contributed by atoms with Gasteiger partial charge in [0.25, 0.3) is 0 Å². The average Bonchev–Trinajstić information content (AvgIpc) is 3.77. The predicted molar refractivity (Wildman–Crippen MR) is 184 cm³/mol. The first kappa shape index (κ1) is 24.6. The molecule has 0 amide bonds. The molecule has 0 bridgehead atoms. The van der Waals surface area contributed by atoms with Gasteiger partial charge >= 0.3 is 0 Å². The fourth-order valence-corrected chi connectivity index (χ4v) is 7.42. The predicted octanol–water partition coefficient (Wildman–Crippen LogP) is 11.0. The van der Waals surface area contributed by atoms with Crippen LogP contribution in [0, 0.1) is 0 Å². The first-order valence-electron chi connectivity index (χ1n) is 15.5. The Morgan fingerprint density at radius 2 is 1.22 bits per heavy atom. The molecule has 3 nitrogen and oxygen atoms in total. The van der Waals surface area contributed by atoms with Crippen molar-refractivity contribution in [1.82, 2.24) is 4.57 Å². The minimum atomic E-state index is 0.0777. The third-order valence-electron chi connectivity index (χ3n) is 9.56. The molecule has 0 saturated carbocycles. The molecule has 2 aliphatic rings. The molecule has 2 aromatic heterocycles. The Hall–Kier alpha value is -5.80. The second-order valence-electron chi connectivity index (χ2n) is 12.0. The molecule has 10 rings (SSSR count). The number of nitrogens with zero attached hydrogens (tertiary/aromatic N) is 1. The Labute approximate surface area is 259 Å². The van der Waals surface area contributed by atoms with Crippen molar-refractivity contribution in [2.75, 3.05) is 0 Å².